The fraction of sp³-hybridized carbons (Fsp3) is 0.903. The van der Waals surface area contributed by atoms with E-state index in [9.17, 15) is 15.0 Å². The Morgan fingerprint density at radius 2 is 1.06 bits per heavy atom. The molecule has 0 heterocycles. The van der Waals surface area contributed by atoms with Gasteiger partial charge in [0.05, 0.1) is 18.8 Å². The smallest absolute Gasteiger partial charge is 0.220 e. The van der Waals surface area contributed by atoms with E-state index in [1.54, 1.807) is 6.08 Å². The molecule has 208 valence electrons. The van der Waals surface area contributed by atoms with Crippen molar-refractivity contribution in [2.75, 3.05) is 6.61 Å². The Morgan fingerprint density at radius 3 is 1.49 bits per heavy atom. The number of hydrogen-bond acceptors (Lipinski definition) is 3. The van der Waals surface area contributed by atoms with Gasteiger partial charge < -0.3 is 15.5 Å². The van der Waals surface area contributed by atoms with Gasteiger partial charge >= 0.3 is 0 Å². The molecule has 3 N–H and O–H groups in total. The minimum atomic E-state index is -0.829. The van der Waals surface area contributed by atoms with Crippen LogP contribution >= 0.6 is 0 Å². The van der Waals surface area contributed by atoms with Gasteiger partial charge in [-0.3, -0.25) is 4.79 Å². The Balaban J connectivity index is 3.67. The van der Waals surface area contributed by atoms with E-state index in [4.69, 9.17) is 0 Å². The number of allylic oxidation sites excluding steroid dienone is 1. The molecule has 0 bridgehead atoms. The molecule has 0 radical (unpaired) electrons. The Bertz CT molecular complexity index is 466. The first-order valence-corrected chi connectivity index (χ1v) is 15.4. The summed E-state index contributed by atoms with van der Waals surface area (Å²) in [6.45, 7) is 4.27. The lowest BCUT2D eigenvalue weighted by Gasteiger charge is -2.20. The number of carbonyl (C=O) groups excluding carboxylic acids is 1. The lowest BCUT2D eigenvalue weighted by atomic mass is 10.0. The number of nitrogens with one attached hydrogen (secondary N) is 1. The third kappa shape index (κ3) is 24.6. The van der Waals surface area contributed by atoms with E-state index in [1.165, 1.54) is 116 Å². The van der Waals surface area contributed by atoms with Gasteiger partial charge in [0.1, 0.15) is 0 Å². The first-order chi connectivity index (χ1) is 17.2. The number of aliphatic hydroxyl groups is 2. The molecule has 0 aliphatic rings. The Kier molecular flexibility index (Phi) is 27.0. The summed E-state index contributed by atoms with van der Waals surface area (Å²) in [7, 11) is 0. The summed E-state index contributed by atoms with van der Waals surface area (Å²) in [5.74, 6) is -0.0681. The standard InChI is InChI=1S/C31H61NO3/c1-3-5-7-9-11-13-15-16-17-18-20-22-24-26-30(34)29(28-33)32-31(35)27-25-23-21-19-14-12-10-8-6-4-2/h24,26,29-30,33-34H,3-23,25,27-28H2,1-2H3,(H,32,35)/b26-24+. The second kappa shape index (κ2) is 27.7. The minimum absolute atomic E-state index is 0.0681. The van der Waals surface area contributed by atoms with Gasteiger partial charge in [0.25, 0.3) is 0 Å². The highest BCUT2D eigenvalue weighted by molar-refractivity contribution is 5.76. The quantitative estimate of drug-likeness (QED) is 0.0791. The fourth-order valence-corrected chi connectivity index (χ4v) is 4.59. The zero-order chi connectivity index (χ0) is 25.8. The van der Waals surface area contributed by atoms with Crippen molar-refractivity contribution in [2.24, 2.45) is 0 Å². The van der Waals surface area contributed by atoms with Crippen LogP contribution in [0.2, 0.25) is 0 Å². The summed E-state index contributed by atoms with van der Waals surface area (Å²) >= 11 is 0. The largest absolute Gasteiger partial charge is 0.394 e. The topological polar surface area (TPSA) is 69.6 Å². The molecule has 35 heavy (non-hydrogen) atoms. The highest BCUT2D eigenvalue weighted by atomic mass is 16.3. The van der Waals surface area contributed by atoms with Gasteiger partial charge in [-0.15, -0.1) is 0 Å². The molecular weight excluding hydrogens is 434 g/mol. The summed E-state index contributed by atoms with van der Waals surface area (Å²) in [4.78, 5) is 12.2. The van der Waals surface area contributed by atoms with E-state index in [-0.39, 0.29) is 12.5 Å². The zero-order valence-corrected chi connectivity index (χ0v) is 23.6. The van der Waals surface area contributed by atoms with Crippen LogP contribution in [0.5, 0.6) is 0 Å². The average molecular weight is 496 g/mol. The predicted octanol–water partition coefficient (Wildman–Crippen LogP) is 8.39. The van der Waals surface area contributed by atoms with Gasteiger partial charge in [-0.25, -0.2) is 0 Å². The molecule has 1 amide bonds. The number of rotatable bonds is 27. The van der Waals surface area contributed by atoms with Gasteiger partial charge in [-0.05, 0) is 19.3 Å². The Morgan fingerprint density at radius 1 is 0.657 bits per heavy atom. The van der Waals surface area contributed by atoms with Crippen LogP contribution in [0.25, 0.3) is 0 Å². The Labute approximate surface area is 218 Å². The maximum atomic E-state index is 12.2. The van der Waals surface area contributed by atoms with E-state index >= 15 is 0 Å². The third-order valence-electron chi connectivity index (χ3n) is 7.02. The summed E-state index contributed by atoms with van der Waals surface area (Å²) in [5.41, 5.74) is 0. The molecule has 4 nitrogen and oxygen atoms in total. The van der Waals surface area contributed by atoms with Crippen LogP contribution in [-0.2, 0) is 4.79 Å². The molecule has 0 fully saturated rings. The van der Waals surface area contributed by atoms with Gasteiger partial charge in [0, 0.05) is 6.42 Å². The summed E-state index contributed by atoms with van der Waals surface area (Å²) in [6.07, 6.45) is 31.4. The lowest BCUT2D eigenvalue weighted by molar-refractivity contribution is -0.123. The zero-order valence-electron chi connectivity index (χ0n) is 23.6. The van der Waals surface area contributed by atoms with E-state index in [0.717, 1.165) is 25.7 Å². The SMILES string of the molecule is CCCCCCCCCCCCC/C=C/C(O)C(CO)NC(=O)CCCCCCCCCCCC. The maximum absolute atomic E-state index is 12.2. The van der Waals surface area contributed by atoms with Crippen molar-refractivity contribution >= 4 is 5.91 Å². The molecule has 0 rings (SSSR count). The number of amides is 1. The molecule has 2 atom stereocenters. The average Bonchev–Trinajstić information content (AvgIpc) is 2.86. The van der Waals surface area contributed by atoms with Crippen molar-refractivity contribution in [3.05, 3.63) is 12.2 Å². The van der Waals surface area contributed by atoms with Crippen molar-refractivity contribution in [1.29, 1.82) is 0 Å². The van der Waals surface area contributed by atoms with Gasteiger partial charge in [0.15, 0.2) is 0 Å². The molecule has 0 aromatic heterocycles. The van der Waals surface area contributed by atoms with Crippen molar-refractivity contribution in [2.45, 2.75) is 174 Å². The maximum Gasteiger partial charge on any atom is 0.220 e. The molecule has 0 aromatic rings. The molecule has 4 heteroatoms. The summed E-state index contributed by atoms with van der Waals surface area (Å²) < 4.78 is 0. The number of aliphatic hydroxyl groups excluding tert-OH is 2. The molecule has 0 aromatic carbocycles. The van der Waals surface area contributed by atoms with Crippen LogP contribution in [0.1, 0.15) is 162 Å². The minimum Gasteiger partial charge on any atom is -0.394 e. The number of carbonyl (C=O) groups is 1. The van der Waals surface area contributed by atoms with Crippen molar-refractivity contribution in [1.82, 2.24) is 5.32 Å². The van der Waals surface area contributed by atoms with Gasteiger partial charge in [0.2, 0.25) is 5.91 Å². The van der Waals surface area contributed by atoms with Crippen molar-refractivity contribution in [3.8, 4) is 0 Å². The molecule has 0 saturated heterocycles. The van der Waals surface area contributed by atoms with Crippen LogP contribution < -0.4 is 5.32 Å². The second-order valence-corrected chi connectivity index (χ2v) is 10.5. The lowest BCUT2D eigenvalue weighted by Crippen LogP contribution is -2.45. The highest BCUT2D eigenvalue weighted by Gasteiger charge is 2.17. The van der Waals surface area contributed by atoms with Crippen molar-refractivity contribution in [3.63, 3.8) is 0 Å². The highest BCUT2D eigenvalue weighted by Crippen LogP contribution is 2.13. The van der Waals surface area contributed by atoms with Crippen LogP contribution in [0.3, 0.4) is 0 Å². The molecule has 0 aliphatic carbocycles. The van der Waals surface area contributed by atoms with Gasteiger partial charge in [-0.2, -0.15) is 0 Å². The predicted molar refractivity (Wildman–Crippen MR) is 152 cm³/mol. The van der Waals surface area contributed by atoms with E-state index in [1.807, 2.05) is 6.08 Å². The van der Waals surface area contributed by atoms with Crippen molar-refractivity contribution < 1.29 is 15.0 Å². The van der Waals surface area contributed by atoms with E-state index < -0.39 is 12.1 Å². The van der Waals surface area contributed by atoms with Crippen LogP contribution in [0.15, 0.2) is 12.2 Å². The second-order valence-electron chi connectivity index (χ2n) is 10.5. The normalized spacial score (nSPS) is 13.4. The number of unbranched alkanes of at least 4 members (excludes halogenated alkanes) is 20. The van der Waals surface area contributed by atoms with Crippen LogP contribution in [0.4, 0.5) is 0 Å². The van der Waals surface area contributed by atoms with Gasteiger partial charge in [-0.1, -0.05) is 148 Å². The monoisotopic (exact) mass is 495 g/mol. The molecule has 0 aliphatic heterocycles. The summed E-state index contributed by atoms with van der Waals surface area (Å²) in [6, 6.07) is -0.612. The molecule has 0 saturated carbocycles. The fourth-order valence-electron chi connectivity index (χ4n) is 4.59. The molecule has 0 spiro atoms. The van der Waals surface area contributed by atoms with E-state index in [2.05, 4.69) is 19.2 Å². The van der Waals surface area contributed by atoms with Crippen LogP contribution in [0, 0.1) is 0 Å². The number of hydrogen-bond donors (Lipinski definition) is 3. The third-order valence-corrected chi connectivity index (χ3v) is 7.02. The molecular formula is C31H61NO3. The molecule has 2 unspecified atom stereocenters. The summed E-state index contributed by atoms with van der Waals surface area (Å²) in [5, 5.41) is 22.7. The van der Waals surface area contributed by atoms with E-state index in [0.29, 0.717) is 6.42 Å². The Hall–Kier alpha value is -0.870. The first kappa shape index (κ1) is 34.1. The van der Waals surface area contributed by atoms with Crippen LogP contribution in [-0.4, -0.2) is 34.9 Å². The first-order valence-electron chi connectivity index (χ1n) is 15.4.